The van der Waals surface area contributed by atoms with Crippen molar-refractivity contribution in [3.05, 3.63) is 34.4 Å². The first-order chi connectivity index (χ1) is 8.63. The highest BCUT2D eigenvalue weighted by molar-refractivity contribution is 5.91. The molecule has 3 nitrogen and oxygen atoms in total. The molecule has 1 heterocycles. The van der Waals surface area contributed by atoms with Gasteiger partial charge in [-0.1, -0.05) is 6.07 Å². The van der Waals surface area contributed by atoms with Crippen molar-refractivity contribution in [3.8, 4) is 0 Å². The quantitative estimate of drug-likeness (QED) is 0.816. The van der Waals surface area contributed by atoms with Crippen LogP contribution >= 0.6 is 0 Å². The number of benzene rings is 1. The molecule has 0 spiro atoms. The molecule has 0 atom stereocenters. The maximum Gasteiger partial charge on any atom is 0.338 e. The van der Waals surface area contributed by atoms with E-state index in [-0.39, 0.29) is 5.97 Å². The van der Waals surface area contributed by atoms with Crippen molar-refractivity contribution < 1.29 is 9.53 Å². The lowest BCUT2D eigenvalue weighted by Crippen LogP contribution is -2.26. The fraction of sp³-hybridized carbons (Fsp3) is 0.533. The molecule has 0 radical (unpaired) electrons. The summed E-state index contributed by atoms with van der Waals surface area (Å²) in [5.41, 5.74) is 4.19. The van der Waals surface area contributed by atoms with Gasteiger partial charge in [-0.05, 0) is 68.5 Å². The molecule has 1 aromatic rings. The molecule has 0 bridgehead atoms. The zero-order valence-corrected chi connectivity index (χ0v) is 11.4. The van der Waals surface area contributed by atoms with Crippen LogP contribution in [0.1, 0.15) is 45.8 Å². The van der Waals surface area contributed by atoms with Crippen molar-refractivity contribution in [1.82, 2.24) is 5.32 Å². The van der Waals surface area contributed by atoms with E-state index in [4.69, 9.17) is 4.74 Å². The molecule has 1 saturated heterocycles. The molecule has 18 heavy (non-hydrogen) atoms. The number of methoxy groups -OCH3 is 1. The van der Waals surface area contributed by atoms with Crippen molar-refractivity contribution >= 4 is 5.97 Å². The average molecular weight is 247 g/mol. The molecule has 0 unspecified atom stereocenters. The van der Waals surface area contributed by atoms with Gasteiger partial charge in [-0.25, -0.2) is 4.79 Å². The largest absolute Gasteiger partial charge is 0.465 e. The van der Waals surface area contributed by atoms with Gasteiger partial charge in [0.25, 0.3) is 0 Å². The van der Waals surface area contributed by atoms with E-state index in [1.54, 1.807) is 0 Å². The molecule has 1 N–H and O–H groups in total. The van der Waals surface area contributed by atoms with Crippen molar-refractivity contribution in [2.45, 2.75) is 32.6 Å². The summed E-state index contributed by atoms with van der Waals surface area (Å²) in [4.78, 5) is 11.8. The van der Waals surface area contributed by atoms with Crippen LogP contribution in [0.2, 0.25) is 0 Å². The molecule has 0 amide bonds. The van der Waals surface area contributed by atoms with E-state index in [2.05, 4.69) is 18.3 Å². The SMILES string of the molecule is COC(=O)c1cc(C2CCNCC2)cc(C)c1C. The van der Waals surface area contributed by atoms with Crippen LogP contribution in [0, 0.1) is 13.8 Å². The summed E-state index contributed by atoms with van der Waals surface area (Å²) in [5, 5.41) is 3.37. The third-order valence-corrected chi connectivity index (χ3v) is 3.91. The fourth-order valence-electron chi connectivity index (χ4n) is 2.60. The lowest BCUT2D eigenvalue weighted by molar-refractivity contribution is 0.0599. The zero-order valence-electron chi connectivity index (χ0n) is 11.4. The topological polar surface area (TPSA) is 38.3 Å². The Hall–Kier alpha value is -1.35. The first-order valence-corrected chi connectivity index (χ1v) is 6.53. The van der Waals surface area contributed by atoms with E-state index in [0.717, 1.165) is 31.5 Å². The summed E-state index contributed by atoms with van der Waals surface area (Å²) in [6, 6.07) is 4.24. The average Bonchev–Trinajstić information content (AvgIpc) is 2.41. The van der Waals surface area contributed by atoms with Crippen molar-refractivity contribution in [2.24, 2.45) is 0 Å². The molecule has 1 fully saturated rings. The van der Waals surface area contributed by atoms with Crippen molar-refractivity contribution in [1.29, 1.82) is 0 Å². The fourth-order valence-corrected chi connectivity index (χ4v) is 2.60. The molecule has 98 valence electrons. The molecule has 0 saturated carbocycles. The van der Waals surface area contributed by atoms with Gasteiger partial charge in [0.1, 0.15) is 0 Å². The minimum Gasteiger partial charge on any atom is -0.465 e. The Labute approximate surface area is 109 Å². The van der Waals surface area contributed by atoms with Crippen LogP contribution in [-0.2, 0) is 4.74 Å². The van der Waals surface area contributed by atoms with E-state index in [1.165, 1.54) is 18.2 Å². The summed E-state index contributed by atoms with van der Waals surface area (Å²) in [5.74, 6) is 0.334. The van der Waals surface area contributed by atoms with Gasteiger partial charge in [-0.2, -0.15) is 0 Å². The van der Waals surface area contributed by atoms with Gasteiger partial charge in [0.2, 0.25) is 0 Å². The Kier molecular flexibility index (Phi) is 4.02. The highest BCUT2D eigenvalue weighted by atomic mass is 16.5. The number of piperidine rings is 1. The lowest BCUT2D eigenvalue weighted by atomic mass is 9.87. The Morgan fingerprint density at radius 2 is 1.94 bits per heavy atom. The molecule has 3 heteroatoms. The van der Waals surface area contributed by atoms with Gasteiger partial charge in [0, 0.05) is 0 Å². The van der Waals surface area contributed by atoms with Gasteiger partial charge in [-0.3, -0.25) is 0 Å². The van der Waals surface area contributed by atoms with Gasteiger partial charge in [0.15, 0.2) is 0 Å². The number of esters is 1. The van der Waals surface area contributed by atoms with Crippen LogP contribution in [0.25, 0.3) is 0 Å². The first kappa shape index (κ1) is 13.1. The van der Waals surface area contributed by atoms with Crippen LogP contribution in [-0.4, -0.2) is 26.2 Å². The molecule has 1 aliphatic heterocycles. The monoisotopic (exact) mass is 247 g/mol. The van der Waals surface area contributed by atoms with Crippen LogP contribution in [0.3, 0.4) is 0 Å². The van der Waals surface area contributed by atoms with Gasteiger partial charge < -0.3 is 10.1 Å². The molecule has 1 aromatic carbocycles. The molecule has 0 aromatic heterocycles. The lowest BCUT2D eigenvalue weighted by Gasteiger charge is -2.24. The van der Waals surface area contributed by atoms with E-state index < -0.39 is 0 Å². The molecular formula is C15H21NO2. The van der Waals surface area contributed by atoms with Crippen LogP contribution in [0.4, 0.5) is 0 Å². The third kappa shape index (κ3) is 2.56. The number of carbonyl (C=O) groups is 1. The third-order valence-electron chi connectivity index (χ3n) is 3.91. The highest BCUT2D eigenvalue weighted by Gasteiger charge is 2.19. The van der Waals surface area contributed by atoms with E-state index in [9.17, 15) is 4.79 Å². The predicted octanol–water partition coefficient (Wildman–Crippen LogP) is 2.56. The molecular weight excluding hydrogens is 226 g/mol. The molecule has 2 rings (SSSR count). The van der Waals surface area contributed by atoms with Crippen LogP contribution in [0.5, 0.6) is 0 Å². The van der Waals surface area contributed by atoms with Crippen molar-refractivity contribution in [3.63, 3.8) is 0 Å². The summed E-state index contributed by atoms with van der Waals surface area (Å²) >= 11 is 0. The maximum atomic E-state index is 11.8. The second-order valence-corrected chi connectivity index (χ2v) is 5.03. The zero-order chi connectivity index (χ0) is 13.1. The smallest absolute Gasteiger partial charge is 0.338 e. The molecule has 0 aliphatic carbocycles. The number of aryl methyl sites for hydroxylation is 1. The Morgan fingerprint density at radius 1 is 1.28 bits per heavy atom. The summed E-state index contributed by atoms with van der Waals surface area (Å²) in [7, 11) is 1.44. The van der Waals surface area contributed by atoms with E-state index >= 15 is 0 Å². The van der Waals surface area contributed by atoms with Gasteiger partial charge in [0.05, 0.1) is 12.7 Å². The number of hydrogen-bond donors (Lipinski definition) is 1. The second kappa shape index (κ2) is 5.53. The number of hydrogen-bond acceptors (Lipinski definition) is 3. The Bertz CT molecular complexity index is 448. The van der Waals surface area contributed by atoms with Crippen LogP contribution in [0.15, 0.2) is 12.1 Å². The number of carbonyl (C=O) groups excluding carboxylic acids is 1. The van der Waals surface area contributed by atoms with Crippen LogP contribution < -0.4 is 5.32 Å². The summed E-state index contributed by atoms with van der Waals surface area (Å²) < 4.78 is 4.86. The minimum atomic E-state index is -0.230. The number of nitrogens with one attached hydrogen (secondary N) is 1. The molecule has 1 aliphatic rings. The number of rotatable bonds is 2. The highest BCUT2D eigenvalue weighted by Crippen LogP contribution is 2.28. The maximum absolute atomic E-state index is 11.8. The standard InChI is InChI=1S/C15H21NO2/c1-10-8-13(12-4-6-16-7-5-12)9-14(11(10)2)15(17)18-3/h8-9,12,16H,4-7H2,1-3H3. The van der Waals surface area contributed by atoms with E-state index in [0.29, 0.717) is 11.5 Å². The van der Waals surface area contributed by atoms with E-state index in [1.807, 2.05) is 13.0 Å². The number of ether oxygens (including phenoxy) is 1. The summed E-state index contributed by atoms with van der Waals surface area (Å²) in [6.07, 6.45) is 2.28. The Morgan fingerprint density at radius 3 is 2.56 bits per heavy atom. The predicted molar refractivity (Wildman–Crippen MR) is 72.1 cm³/mol. The van der Waals surface area contributed by atoms with Crippen molar-refractivity contribution in [2.75, 3.05) is 20.2 Å². The Balaban J connectivity index is 2.36. The summed E-state index contributed by atoms with van der Waals surface area (Å²) in [6.45, 7) is 6.16. The minimum absolute atomic E-state index is 0.230. The van der Waals surface area contributed by atoms with Gasteiger partial charge in [-0.15, -0.1) is 0 Å². The van der Waals surface area contributed by atoms with Gasteiger partial charge >= 0.3 is 5.97 Å². The normalized spacial score (nSPS) is 16.6. The second-order valence-electron chi connectivity index (χ2n) is 5.03. The first-order valence-electron chi connectivity index (χ1n) is 6.53.